The lowest BCUT2D eigenvalue weighted by Gasteiger charge is -2.24. The summed E-state index contributed by atoms with van der Waals surface area (Å²) >= 11 is 0. The van der Waals surface area contributed by atoms with Gasteiger partial charge in [-0.1, -0.05) is 6.07 Å². The predicted molar refractivity (Wildman–Crippen MR) is 88.5 cm³/mol. The van der Waals surface area contributed by atoms with E-state index in [9.17, 15) is 4.79 Å². The number of carbonyl (C=O) groups is 1. The quantitative estimate of drug-likeness (QED) is 0.866. The summed E-state index contributed by atoms with van der Waals surface area (Å²) in [5.74, 6) is 1.52. The number of benzene rings is 1. The van der Waals surface area contributed by atoms with Crippen LogP contribution in [0.3, 0.4) is 0 Å². The van der Waals surface area contributed by atoms with Crippen molar-refractivity contribution in [2.45, 2.75) is 25.4 Å². The van der Waals surface area contributed by atoms with Crippen LogP contribution in [0.4, 0.5) is 0 Å². The number of halogens is 1. The minimum absolute atomic E-state index is 0. The van der Waals surface area contributed by atoms with Gasteiger partial charge in [-0.15, -0.1) is 12.4 Å². The van der Waals surface area contributed by atoms with Gasteiger partial charge in [-0.25, -0.2) is 0 Å². The van der Waals surface area contributed by atoms with Crippen molar-refractivity contribution in [3.63, 3.8) is 0 Å². The molecule has 1 aromatic rings. The molecule has 2 atom stereocenters. The van der Waals surface area contributed by atoms with Crippen LogP contribution < -0.4 is 20.1 Å². The number of fused-ring (bicyclic) bond motifs is 1. The molecule has 1 aromatic carbocycles. The monoisotopic (exact) mass is 342 g/mol. The van der Waals surface area contributed by atoms with Crippen molar-refractivity contribution in [1.29, 1.82) is 0 Å². The molecule has 2 aliphatic rings. The maximum absolute atomic E-state index is 12.1. The first-order valence-corrected chi connectivity index (χ1v) is 7.72. The summed E-state index contributed by atoms with van der Waals surface area (Å²) < 4.78 is 16.4. The van der Waals surface area contributed by atoms with E-state index in [0.717, 1.165) is 23.6 Å². The van der Waals surface area contributed by atoms with Gasteiger partial charge in [0.2, 0.25) is 5.91 Å². The third-order valence-electron chi connectivity index (χ3n) is 3.87. The van der Waals surface area contributed by atoms with Crippen molar-refractivity contribution in [1.82, 2.24) is 10.6 Å². The molecule has 3 rings (SSSR count). The summed E-state index contributed by atoms with van der Waals surface area (Å²) in [5.41, 5.74) is 1.01. The largest absolute Gasteiger partial charge is 0.486 e. The van der Waals surface area contributed by atoms with E-state index in [-0.39, 0.29) is 30.4 Å². The van der Waals surface area contributed by atoms with Gasteiger partial charge < -0.3 is 24.8 Å². The lowest BCUT2D eigenvalue weighted by Crippen LogP contribution is -2.44. The van der Waals surface area contributed by atoms with E-state index < -0.39 is 0 Å². The molecule has 0 aromatic heterocycles. The van der Waals surface area contributed by atoms with Gasteiger partial charge in [0.15, 0.2) is 11.5 Å². The zero-order chi connectivity index (χ0) is 15.4. The van der Waals surface area contributed by atoms with E-state index in [1.807, 2.05) is 25.1 Å². The summed E-state index contributed by atoms with van der Waals surface area (Å²) in [7, 11) is 0. The van der Waals surface area contributed by atoms with Crippen molar-refractivity contribution < 1.29 is 19.0 Å². The molecule has 6 nitrogen and oxygen atoms in total. The van der Waals surface area contributed by atoms with Crippen LogP contribution in [-0.2, 0) is 9.53 Å². The Labute approximate surface area is 142 Å². The van der Waals surface area contributed by atoms with Crippen molar-refractivity contribution in [2.24, 2.45) is 0 Å². The third-order valence-corrected chi connectivity index (χ3v) is 3.87. The summed E-state index contributed by atoms with van der Waals surface area (Å²) in [6.45, 7) is 5.21. The molecule has 0 aliphatic carbocycles. The maximum Gasteiger partial charge on any atom is 0.222 e. The van der Waals surface area contributed by atoms with Gasteiger partial charge in [0, 0.05) is 19.0 Å². The Morgan fingerprint density at radius 2 is 2.09 bits per heavy atom. The van der Waals surface area contributed by atoms with Crippen LogP contribution in [0.5, 0.6) is 11.5 Å². The molecule has 23 heavy (non-hydrogen) atoms. The van der Waals surface area contributed by atoms with E-state index in [2.05, 4.69) is 10.6 Å². The number of carbonyl (C=O) groups excluding carboxylic acids is 1. The van der Waals surface area contributed by atoms with E-state index in [1.165, 1.54) is 0 Å². The van der Waals surface area contributed by atoms with E-state index in [1.54, 1.807) is 0 Å². The van der Waals surface area contributed by atoms with Crippen molar-refractivity contribution in [2.75, 3.05) is 33.0 Å². The first kappa shape index (κ1) is 17.8. The average molecular weight is 343 g/mol. The van der Waals surface area contributed by atoms with Crippen molar-refractivity contribution in [3.8, 4) is 11.5 Å². The lowest BCUT2D eigenvalue weighted by molar-refractivity contribution is -0.122. The van der Waals surface area contributed by atoms with Gasteiger partial charge in [-0.3, -0.25) is 4.79 Å². The number of rotatable bonds is 4. The molecule has 0 saturated carbocycles. The van der Waals surface area contributed by atoms with Crippen LogP contribution in [0, 0.1) is 0 Å². The van der Waals surface area contributed by atoms with Gasteiger partial charge in [-0.2, -0.15) is 0 Å². The van der Waals surface area contributed by atoms with Crippen LogP contribution in [0.15, 0.2) is 18.2 Å². The zero-order valence-electron chi connectivity index (χ0n) is 13.2. The number of hydrogen-bond acceptors (Lipinski definition) is 5. The predicted octanol–water partition coefficient (Wildman–Crippen LogP) is 1.44. The van der Waals surface area contributed by atoms with Crippen molar-refractivity contribution >= 4 is 18.3 Å². The number of amides is 1. The molecular formula is C16H23ClN2O4. The number of nitrogens with one attached hydrogen (secondary N) is 2. The SMILES string of the molecule is CC(NC(=O)CC1COCCN1)c1ccc2c(c1)OCCO2.Cl. The molecule has 2 heterocycles. The molecular weight excluding hydrogens is 320 g/mol. The molecule has 2 N–H and O–H groups in total. The second kappa shape index (κ2) is 8.38. The maximum atomic E-state index is 12.1. The minimum Gasteiger partial charge on any atom is -0.486 e. The molecule has 1 saturated heterocycles. The van der Waals surface area contributed by atoms with Gasteiger partial charge in [-0.05, 0) is 24.6 Å². The first-order chi connectivity index (χ1) is 10.7. The fourth-order valence-corrected chi connectivity index (χ4v) is 2.69. The number of hydrogen-bond donors (Lipinski definition) is 2. The second-order valence-corrected chi connectivity index (χ2v) is 5.62. The average Bonchev–Trinajstić information content (AvgIpc) is 2.55. The van der Waals surface area contributed by atoms with Crippen LogP contribution in [0.25, 0.3) is 0 Å². The highest BCUT2D eigenvalue weighted by Crippen LogP contribution is 2.32. The van der Waals surface area contributed by atoms with Crippen molar-refractivity contribution in [3.05, 3.63) is 23.8 Å². The summed E-state index contributed by atoms with van der Waals surface area (Å²) in [5, 5.41) is 6.30. The Balaban J connectivity index is 0.00000192. The highest BCUT2D eigenvalue weighted by Gasteiger charge is 2.19. The smallest absolute Gasteiger partial charge is 0.222 e. The van der Waals surface area contributed by atoms with E-state index in [0.29, 0.717) is 32.8 Å². The lowest BCUT2D eigenvalue weighted by atomic mass is 10.1. The summed E-state index contributed by atoms with van der Waals surface area (Å²) in [6.07, 6.45) is 0.425. The molecule has 128 valence electrons. The Bertz CT molecular complexity index is 535. The Hall–Kier alpha value is -1.50. The van der Waals surface area contributed by atoms with Gasteiger partial charge in [0.1, 0.15) is 13.2 Å². The first-order valence-electron chi connectivity index (χ1n) is 7.72. The van der Waals surface area contributed by atoms with E-state index >= 15 is 0 Å². The summed E-state index contributed by atoms with van der Waals surface area (Å²) in [4.78, 5) is 12.1. The van der Waals surface area contributed by atoms with Crippen LogP contribution in [0.1, 0.15) is 24.9 Å². The number of morpholine rings is 1. The zero-order valence-corrected chi connectivity index (χ0v) is 14.0. The van der Waals surface area contributed by atoms with Gasteiger partial charge in [0.25, 0.3) is 0 Å². The molecule has 1 fully saturated rings. The Morgan fingerprint density at radius 1 is 1.30 bits per heavy atom. The Morgan fingerprint density at radius 3 is 2.83 bits per heavy atom. The van der Waals surface area contributed by atoms with Crippen LogP contribution in [-0.4, -0.2) is 44.9 Å². The third kappa shape index (κ3) is 4.73. The van der Waals surface area contributed by atoms with Gasteiger partial charge >= 0.3 is 0 Å². The molecule has 2 aliphatic heterocycles. The number of ether oxygens (including phenoxy) is 3. The molecule has 7 heteroatoms. The van der Waals surface area contributed by atoms with Crippen LogP contribution >= 0.6 is 12.4 Å². The topological polar surface area (TPSA) is 68.8 Å². The second-order valence-electron chi connectivity index (χ2n) is 5.62. The molecule has 1 amide bonds. The summed E-state index contributed by atoms with van der Waals surface area (Å²) in [6, 6.07) is 5.80. The van der Waals surface area contributed by atoms with Crippen LogP contribution in [0.2, 0.25) is 0 Å². The fraction of sp³-hybridized carbons (Fsp3) is 0.562. The molecule has 0 radical (unpaired) electrons. The van der Waals surface area contributed by atoms with E-state index in [4.69, 9.17) is 14.2 Å². The highest BCUT2D eigenvalue weighted by atomic mass is 35.5. The minimum atomic E-state index is -0.0761. The Kier molecular flexibility index (Phi) is 6.50. The molecule has 0 bridgehead atoms. The molecule has 0 spiro atoms. The fourth-order valence-electron chi connectivity index (χ4n) is 2.69. The highest BCUT2D eigenvalue weighted by molar-refractivity contribution is 5.85. The normalized spacial score (nSPS) is 21.0. The van der Waals surface area contributed by atoms with Gasteiger partial charge in [0.05, 0.1) is 19.3 Å². The molecule has 2 unspecified atom stereocenters. The standard InChI is InChI=1S/C16H22N2O4.ClH/c1-11(18-16(19)9-13-10-20-5-4-17-13)12-2-3-14-15(8-12)22-7-6-21-14;/h2-3,8,11,13,17H,4-7,9-10H2,1H3,(H,18,19);1H.